The quantitative estimate of drug-likeness (QED) is 0.581. The number of esters is 1. The Morgan fingerprint density at radius 1 is 1.46 bits per heavy atom. The van der Waals surface area contributed by atoms with Crippen molar-refractivity contribution in [3.8, 4) is 0 Å². The van der Waals surface area contributed by atoms with E-state index in [9.17, 15) is 4.79 Å². The first-order valence-electron chi connectivity index (χ1n) is 3.74. The van der Waals surface area contributed by atoms with Gasteiger partial charge in [0.05, 0.1) is 15.0 Å². The second-order valence-electron chi connectivity index (χ2n) is 2.55. The van der Waals surface area contributed by atoms with E-state index in [1.54, 1.807) is 12.1 Å². The Bertz CT molecular complexity index is 297. The molecule has 1 unspecified atom stereocenters. The zero-order valence-electron chi connectivity index (χ0n) is 7.16. The summed E-state index contributed by atoms with van der Waals surface area (Å²) in [7, 11) is 6.93. The maximum atomic E-state index is 11.0. The van der Waals surface area contributed by atoms with E-state index < -0.39 is 11.8 Å². The van der Waals surface area contributed by atoms with Gasteiger partial charge in [-0.1, -0.05) is 28.1 Å². The summed E-state index contributed by atoms with van der Waals surface area (Å²) in [4.78, 5) is 11.0. The van der Waals surface area contributed by atoms with Crippen LogP contribution in [0.5, 0.6) is 0 Å². The van der Waals surface area contributed by atoms with Crippen LogP contribution in [0.1, 0.15) is 11.4 Å². The third-order valence-electron chi connectivity index (χ3n) is 1.68. The van der Waals surface area contributed by atoms with Crippen molar-refractivity contribution in [1.82, 2.24) is 0 Å². The highest BCUT2D eigenvalue weighted by Crippen LogP contribution is 2.17. The van der Waals surface area contributed by atoms with Crippen LogP contribution in [0.3, 0.4) is 0 Å². The second kappa shape index (κ2) is 4.47. The molecule has 1 atom stereocenters. The number of rotatable bonds is 2. The molecule has 1 aromatic rings. The molecule has 0 spiro atoms. The molecule has 2 radical (unpaired) electrons. The second-order valence-corrected chi connectivity index (χ2v) is 3.47. The van der Waals surface area contributed by atoms with Crippen molar-refractivity contribution in [2.45, 2.75) is 5.82 Å². The van der Waals surface area contributed by atoms with E-state index in [4.69, 9.17) is 7.85 Å². The number of halogens is 1. The summed E-state index contributed by atoms with van der Waals surface area (Å²) in [6.07, 6.45) is 0. The van der Waals surface area contributed by atoms with Crippen LogP contribution in [-0.4, -0.2) is 20.9 Å². The third kappa shape index (κ3) is 2.59. The van der Waals surface area contributed by atoms with E-state index in [2.05, 4.69) is 20.7 Å². The molecule has 0 saturated heterocycles. The molecule has 1 rings (SSSR count). The Balaban J connectivity index is 2.83. The van der Waals surface area contributed by atoms with Crippen molar-refractivity contribution in [1.29, 1.82) is 0 Å². The molecule has 2 nitrogen and oxygen atoms in total. The first-order valence-corrected chi connectivity index (χ1v) is 4.53. The largest absolute Gasteiger partial charge is 0.469 e. The molecule has 1 aromatic carbocycles. The number of carbonyl (C=O) groups is 1. The maximum Gasteiger partial charge on any atom is 0.304 e. The predicted octanol–water partition coefficient (Wildman–Crippen LogP) is 1.83. The first-order chi connectivity index (χ1) is 6.15. The van der Waals surface area contributed by atoms with Gasteiger partial charge in [-0.3, -0.25) is 4.79 Å². The summed E-state index contributed by atoms with van der Waals surface area (Å²) in [5.41, 5.74) is 0.745. The Morgan fingerprint density at radius 2 is 2.00 bits per heavy atom. The highest BCUT2D eigenvalue weighted by atomic mass is 79.9. The van der Waals surface area contributed by atoms with Crippen molar-refractivity contribution in [3.63, 3.8) is 0 Å². The SMILES string of the molecule is [B]C(C(=O)OC)c1ccc(Br)cc1. The Labute approximate surface area is 86.8 Å². The molecule has 66 valence electrons. The number of ether oxygens (including phenoxy) is 1. The van der Waals surface area contributed by atoms with E-state index >= 15 is 0 Å². The molecule has 0 aliphatic heterocycles. The zero-order chi connectivity index (χ0) is 9.84. The maximum absolute atomic E-state index is 11.0. The Hall–Kier alpha value is -0.765. The summed E-state index contributed by atoms with van der Waals surface area (Å²) < 4.78 is 5.47. The number of benzene rings is 1. The lowest BCUT2D eigenvalue weighted by Gasteiger charge is -2.09. The predicted molar refractivity (Wildman–Crippen MR) is 54.7 cm³/mol. The summed E-state index contributed by atoms with van der Waals surface area (Å²) in [6, 6.07) is 7.23. The fourth-order valence-electron chi connectivity index (χ4n) is 0.933. The van der Waals surface area contributed by atoms with Crippen LogP contribution < -0.4 is 0 Å². The highest BCUT2D eigenvalue weighted by Gasteiger charge is 2.14. The van der Waals surface area contributed by atoms with Gasteiger partial charge in [0.2, 0.25) is 0 Å². The van der Waals surface area contributed by atoms with Crippen LogP contribution in [-0.2, 0) is 9.53 Å². The molecule has 0 aromatic heterocycles. The van der Waals surface area contributed by atoms with Gasteiger partial charge in [0, 0.05) is 10.3 Å². The molecule has 0 saturated carbocycles. The fourth-order valence-corrected chi connectivity index (χ4v) is 1.20. The topological polar surface area (TPSA) is 26.3 Å². The molecule has 0 bridgehead atoms. The molecule has 0 N–H and O–H groups in total. The minimum atomic E-state index is -0.696. The standard InChI is InChI=1S/C9H8BBrO2/c1-13-9(12)8(10)6-2-4-7(11)5-3-6/h2-5,8H,1H3. The number of hydrogen-bond donors (Lipinski definition) is 0. The summed E-state index contributed by atoms with van der Waals surface area (Å²) in [5.74, 6) is -1.12. The molecular weight excluding hydrogens is 231 g/mol. The van der Waals surface area contributed by atoms with Crippen LogP contribution in [0.25, 0.3) is 0 Å². The molecule has 0 amide bonds. The Kier molecular flexibility index (Phi) is 3.54. The van der Waals surface area contributed by atoms with Gasteiger partial charge in [-0.2, -0.15) is 0 Å². The van der Waals surface area contributed by atoms with Gasteiger partial charge in [0.25, 0.3) is 0 Å². The van der Waals surface area contributed by atoms with Gasteiger partial charge in [-0.25, -0.2) is 0 Å². The lowest BCUT2D eigenvalue weighted by Crippen LogP contribution is -2.13. The smallest absolute Gasteiger partial charge is 0.304 e. The average molecular weight is 239 g/mol. The van der Waals surface area contributed by atoms with Gasteiger partial charge in [-0.15, -0.1) is 0 Å². The van der Waals surface area contributed by atoms with Gasteiger partial charge < -0.3 is 4.74 Å². The van der Waals surface area contributed by atoms with Crippen molar-refractivity contribution in [2.24, 2.45) is 0 Å². The van der Waals surface area contributed by atoms with E-state index in [0.717, 1.165) is 10.0 Å². The number of carbonyl (C=O) groups excluding carboxylic acids is 1. The van der Waals surface area contributed by atoms with Crippen LogP contribution in [0, 0.1) is 0 Å². The minimum Gasteiger partial charge on any atom is -0.469 e. The van der Waals surface area contributed by atoms with Crippen LogP contribution >= 0.6 is 15.9 Å². The molecule has 13 heavy (non-hydrogen) atoms. The lowest BCUT2D eigenvalue weighted by molar-refractivity contribution is -0.140. The normalized spacial score (nSPS) is 12.2. The lowest BCUT2D eigenvalue weighted by atomic mass is 9.81. The van der Waals surface area contributed by atoms with Crippen molar-refractivity contribution in [3.05, 3.63) is 34.3 Å². The van der Waals surface area contributed by atoms with Crippen molar-refractivity contribution >= 4 is 29.7 Å². The Morgan fingerprint density at radius 3 is 2.46 bits per heavy atom. The first kappa shape index (κ1) is 10.3. The molecule has 0 aliphatic rings. The summed E-state index contributed by atoms with van der Waals surface area (Å²) in [6.45, 7) is 0. The van der Waals surface area contributed by atoms with Gasteiger partial charge in [-0.05, 0) is 17.7 Å². The summed E-state index contributed by atoms with van der Waals surface area (Å²) >= 11 is 3.29. The number of methoxy groups -OCH3 is 1. The van der Waals surface area contributed by atoms with Crippen LogP contribution in [0.15, 0.2) is 28.7 Å². The van der Waals surface area contributed by atoms with Gasteiger partial charge in [0.1, 0.15) is 0 Å². The van der Waals surface area contributed by atoms with Crippen molar-refractivity contribution < 1.29 is 9.53 Å². The van der Waals surface area contributed by atoms with E-state index in [0.29, 0.717) is 0 Å². The monoisotopic (exact) mass is 238 g/mol. The average Bonchev–Trinajstić information content (AvgIpc) is 2.17. The molecule has 0 fully saturated rings. The fraction of sp³-hybridized carbons (Fsp3) is 0.222. The van der Waals surface area contributed by atoms with E-state index in [1.807, 2.05) is 12.1 Å². The van der Waals surface area contributed by atoms with Crippen LogP contribution in [0.2, 0.25) is 0 Å². The van der Waals surface area contributed by atoms with Crippen molar-refractivity contribution in [2.75, 3.05) is 7.11 Å². The molecule has 4 heteroatoms. The van der Waals surface area contributed by atoms with E-state index in [-0.39, 0.29) is 0 Å². The number of hydrogen-bond acceptors (Lipinski definition) is 2. The van der Waals surface area contributed by atoms with Gasteiger partial charge in [0.15, 0.2) is 0 Å². The third-order valence-corrected chi connectivity index (χ3v) is 2.21. The summed E-state index contributed by atoms with van der Waals surface area (Å²) in [5, 5.41) is 0. The van der Waals surface area contributed by atoms with Gasteiger partial charge >= 0.3 is 5.97 Å². The minimum absolute atomic E-state index is 0.428. The molecule has 0 heterocycles. The highest BCUT2D eigenvalue weighted by molar-refractivity contribution is 9.10. The molecular formula is C9H8BBrO2. The van der Waals surface area contributed by atoms with Crippen LogP contribution in [0.4, 0.5) is 0 Å². The zero-order valence-corrected chi connectivity index (χ0v) is 8.74. The molecule has 0 aliphatic carbocycles. The van der Waals surface area contributed by atoms with E-state index in [1.165, 1.54) is 7.11 Å².